The van der Waals surface area contributed by atoms with Gasteiger partial charge in [-0.2, -0.15) is 0 Å². The van der Waals surface area contributed by atoms with E-state index in [0.29, 0.717) is 17.9 Å². The number of likely N-dealkylation sites (tertiary alicyclic amines) is 2. The number of nitrogens with zero attached hydrogens (tertiary/aromatic N) is 2. The zero-order valence-corrected chi connectivity index (χ0v) is 12.5. The van der Waals surface area contributed by atoms with Crippen LogP contribution in [0.25, 0.3) is 0 Å². The molecule has 114 valence electrons. The Bertz CT molecular complexity index is 347. The van der Waals surface area contributed by atoms with Crippen molar-refractivity contribution in [1.82, 2.24) is 9.80 Å². The average molecular weight is 280 g/mol. The Labute approximate surface area is 122 Å². The molecule has 0 aromatic carbocycles. The van der Waals surface area contributed by atoms with Gasteiger partial charge in [-0.05, 0) is 38.6 Å². The van der Waals surface area contributed by atoms with Crippen molar-refractivity contribution in [2.24, 2.45) is 5.92 Å². The summed E-state index contributed by atoms with van der Waals surface area (Å²) in [5.74, 6) is 0.805. The average Bonchev–Trinajstić information content (AvgIpc) is 3.06. The molecule has 2 saturated heterocycles. The summed E-state index contributed by atoms with van der Waals surface area (Å²) in [7, 11) is 0. The fourth-order valence-corrected chi connectivity index (χ4v) is 4.39. The first kappa shape index (κ1) is 14.3. The Morgan fingerprint density at radius 1 is 1.00 bits per heavy atom. The maximum Gasteiger partial charge on any atom is 0.222 e. The van der Waals surface area contributed by atoms with Gasteiger partial charge < -0.3 is 10.0 Å². The van der Waals surface area contributed by atoms with Crippen molar-refractivity contribution in [2.45, 2.75) is 63.5 Å². The van der Waals surface area contributed by atoms with E-state index in [2.05, 4.69) is 4.90 Å². The highest BCUT2D eigenvalue weighted by molar-refractivity contribution is 5.78. The van der Waals surface area contributed by atoms with E-state index >= 15 is 0 Å². The van der Waals surface area contributed by atoms with Crippen molar-refractivity contribution in [1.29, 1.82) is 0 Å². The fourth-order valence-electron chi connectivity index (χ4n) is 4.39. The number of rotatable bonds is 4. The summed E-state index contributed by atoms with van der Waals surface area (Å²) in [6.45, 7) is 3.98. The molecule has 3 fully saturated rings. The van der Waals surface area contributed by atoms with Crippen LogP contribution in [0, 0.1) is 5.92 Å². The van der Waals surface area contributed by atoms with E-state index in [-0.39, 0.29) is 6.10 Å². The van der Waals surface area contributed by atoms with E-state index in [9.17, 15) is 9.90 Å². The minimum atomic E-state index is -0.0947. The first-order valence-corrected chi connectivity index (χ1v) is 8.45. The number of aliphatic hydroxyl groups excluding tert-OH is 1. The molecule has 0 aromatic rings. The lowest BCUT2D eigenvalue weighted by molar-refractivity contribution is -0.128. The van der Waals surface area contributed by atoms with E-state index in [1.165, 1.54) is 32.1 Å². The maximum atomic E-state index is 11.7. The van der Waals surface area contributed by atoms with Crippen LogP contribution in [0.2, 0.25) is 0 Å². The Morgan fingerprint density at radius 3 is 2.60 bits per heavy atom. The lowest BCUT2D eigenvalue weighted by Gasteiger charge is -2.37. The number of carbonyl (C=O) groups excluding carboxylic acids is 1. The van der Waals surface area contributed by atoms with Gasteiger partial charge in [0.25, 0.3) is 0 Å². The number of hydrogen-bond acceptors (Lipinski definition) is 3. The van der Waals surface area contributed by atoms with E-state index < -0.39 is 0 Å². The van der Waals surface area contributed by atoms with Crippen molar-refractivity contribution in [3.63, 3.8) is 0 Å². The van der Waals surface area contributed by atoms with Crippen LogP contribution in [0.15, 0.2) is 0 Å². The molecule has 2 aliphatic heterocycles. The lowest BCUT2D eigenvalue weighted by atomic mass is 9.80. The van der Waals surface area contributed by atoms with Crippen molar-refractivity contribution in [2.75, 3.05) is 26.2 Å². The molecule has 0 spiro atoms. The highest BCUT2D eigenvalue weighted by Crippen LogP contribution is 2.34. The molecule has 1 aliphatic carbocycles. The van der Waals surface area contributed by atoms with Gasteiger partial charge in [-0.1, -0.05) is 12.8 Å². The molecule has 1 amide bonds. The molecule has 0 unspecified atom stereocenters. The van der Waals surface area contributed by atoms with E-state index in [4.69, 9.17) is 0 Å². The second kappa shape index (κ2) is 6.44. The predicted molar refractivity (Wildman–Crippen MR) is 78.4 cm³/mol. The molecule has 20 heavy (non-hydrogen) atoms. The van der Waals surface area contributed by atoms with Crippen LogP contribution < -0.4 is 0 Å². The summed E-state index contributed by atoms with van der Waals surface area (Å²) < 4.78 is 0. The molecular weight excluding hydrogens is 252 g/mol. The summed E-state index contributed by atoms with van der Waals surface area (Å²) >= 11 is 0. The molecule has 3 rings (SSSR count). The number of aliphatic hydroxyl groups is 1. The fraction of sp³-hybridized carbons (Fsp3) is 0.938. The summed E-state index contributed by atoms with van der Waals surface area (Å²) in [4.78, 5) is 16.2. The molecule has 3 atom stereocenters. The molecular formula is C16H28N2O2. The van der Waals surface area contributed by atoms with Crippen LogP contribution in [0.4, 0.5) is 0 Å². The van der Waals surface area contributed by atoms with Crippen molar-refractivity contribution in [3.8, 4) is 0 Å². The first-order chi connectivity index (χ1) is 9.75. The van der Waals surface area contributed by atoms with Crippen LogP contribution in [0.5, 0.6) is 0 Å². The third-order valence-electron chi connectivity index (χ3n) is 5.52. The van der Waals surface area contributed by atoms with E-state index in [0.717, 1.165) is 45.4 Å². The largest absolute Gasteiger partial charge is 0.393 e. The SMILES string of the molecule is O=C1CCCN1CCN1CCC[C@@H]1[C@@H]1CCCC[C@H]1O. The van der Waals surface area contributed by atoms with Crippen molar-refractivity contribution < 1.29 is 9.90 Å². The van der Waals surface area contributed by atoms with Gasteiger partial charge in [-0.15, -0.1) is 0 Å². The number of hydrogen-bond donors (Lipinski definition) is 1. The van der Waals surface area contributed by atoms with Crippen LogP contribution in [-0.4, -0.2) is 59.1 Å². The highest BCUT2D eigenvalue weighted by atomic mass is 16.3. The molecule has 2 heterocycles. The molecule has 1 saturated carbocycles. The van der Waals surface area contributed by atoms with E-state index in [1.807, 2.05) is 4.90 Å². The molecule has 3 aliphatic rings. The monoisotopic (exact) mass is 280 g/mol. The van der Waals surface area contributed by atoms with Gasteiger partial charge in [0.1, 0.15) is 0 Å². The molecule has 4 heteroatoms. The van der Waals surface area contributed by atoms with Crippen LogP contribution in [-0.2, 0) is 4.79 Å². The smallest absolute Gasteiger partial charge is 0.222 e. The Morgan fingerprint density at radius 2 is 1.85 bits per heavy atom. The van der Waals surface area contributed by atoms with Gasteiger partial charge in [-0.3, -0.25) is 9.69 Å². The van der Waals surface area contributed by atoms with E-state index in [1.54, 1.807) is 0 Å². The van der Waals surface area contributed by atoms with Gasteiger partial charge in [0.15, 0.2) is 0 Å². The molecule has 0 aromatic heterocycles. The standard InChI is InChI=1S/C16H28N2O2/c19-15-7-2-1-5-13(15)14-6-3-9-17(14)11-12-18-10-4-8-16(18)20/h13-15,19H,1-12H2/t13-,14+,15+/m0/s1. The summed E-state index contributed by atoms with van der Waals surface area (Å²) in [5.41, 5.74) is 0. The molecule has 0 radical (unpaired) electrons. The number of amides is 1. The Kier molecular flexibility index (Phi) is 4.61. The molecule has 1 N–H and O–H groups in total. The molecule has 0 bridgehead atoms. The van der Waals surface area contributed by atoms with Gasteiger partial charge in [-0.25, -0.2) is 0 Å². The van der Waals surface area contributed by atoms with Gasteiger partial charge in [0.2, 0.25) is 5.91 Å². The van der Waals surface area contributed by atoms with Crippen molar-refractivity contribution in [3.05, 3.63) is 0 Å². The van der Waals surface area contributed by atoms with Crippen LogP contribution in [0.3, 0.4) is 0 Å². The van der Waals surface area contributed by atoms with Gasteiger partial charge >= 0.3 is 0 Å². The summed E-state index contributed by atoms with van der Waals surface area (Å²) in [5, 5.41) is 10.3. The number of carbonyl (C=O) groups is 1. The van der Waals surface area contributed by atoms with Crippen LogP contribution in [0.1, 0.15) is 51.4 Å². The minimum Gasteiger partial charge on any atom is -0.393 e. The second-order valence-electron chi connectivity index (χ2n) is 6.75. The highest BCUT2D eigenvalue weighted by Gasteiger charge is 2.36. The maximum absolute atomic E-state index is 11.7. The predicted octanol–water partition coefficient (Wildman–Crippen LogP) is 1.62. The Hall–Kier alpha value is -0.610. The zero-order chi connectivity index (χ0) is 13.9. The Balaban J connectivity index is 1.53. The molecule has 4 nitrogen and oxygen atoms in total. The third-order valence-corrected chi connectivity index (χ3v) is 5.52. The zero-order valence-electron chi connectivity index (χ0n) is 12.5. The van der Waals surface area contributed by atoms with Crippen LogP contribution >= 0.6 is 0 Å². The van der Waals surface area contributed by atoms with Gasteiger partial charge in [0, 0.05) is 38.0 Å². The summed E-state index contributed by atoms with van der Waals surface area (Å²) in [6.07, 6.45) is 8.79. The lowest BCUT2D eigenvalue weighted by Crippen LogP contribution is -2.45. The first-order valence-electron chi connectivity index (χ1n) is 8.45. The quantitative estimate of drug-likeness (QED) is 0.851. The third kappa shape index (κ3) is 3.01. The topological polar surface area (TPSA) is 43.8 Å². The minimum absolute atomic E-state index is 0.0947. The second-order valence-corrected chi connectivity index (χ2v) is 6.75. The van der Waals surface area contributed by atoms with Crippen molar-refractivity contribution >= 4 is 5.91 Å². The normalized spacial score (nSPS) is 36.0. The van der Waals surface area contributed by atoms with Gasteiger partial charge in [0.05, 0.1) is 6.10 Å². The summed E-state index contributed by atoms with van der Waals surface area (Å²) in [6, 6.07) is 0.558.